The summed E-state index contributed by atoms with van der Waals surface area (Å²) in [6, 6.07) is 45.1. The van der Waals surface area contributed by atoms with Crippen LogP contribution in [-0.4, -0.2) is 9.97 Å². The molecule has 6 aromatic rings. The third-order valence-electron chi connectivity index (χ3n) is 6.94. The summed E-state index contributed by atoms with van der Waals surface area (Å²) in [6.45, 7) is 2.19. The topological polar surface area (TPSA) is 28.7 Å². The number of para-hydroxylation sites is 1. The van der Waals surface area contributed by atoms with Crippen molar-refractivity contribution in [2.24, 2.45) is 0 Å². The number of fused-ring (bicyclic) bond motifs is 1. The van der Waals surface area contributed by atoms with Gasteiger partial charge in [-0.05, 0) is 53.4 Å². The van der Waals surface area contributed by atoms with E-state index < -0.39 is 5.41 Å². The highest BCUT2D eigenvalue weighted by atomic mass is 14.7. The van der Waals surface area contributed by atoms with Crippen molar-refractivity contribution < 1.29 is 0 Å². The summed E-state index contributed by atoms with van der Waals surface area (Å²) in [4.78, 5) is 8.79. The first kappa shape index (κ1) is 21.1. The average Bonchev–Trinajstić information content (AvgIpc) is 3.46. The highest BCUT2D eigenvalue weighted by Gasteiger charge is 2.41. The van der Waals surface area contributed by atoms with Crippen molar-refractivity contribution >= 4 is 10.9 Å². The van der Waals surface area contributed by atoms with Crippen molar-refractivity contribution in [3.05, 3.63) is 162 Å². The van der Waals surface area contributed by atoms with Crippen molar-refractivity contribution in [1.82, 2.24) is 9.97 Å². The average molecular weight is 451 g/mol. The first-order valence-corrected chi connectivity index (χ1v) is 12.0. The molecule has 0 aliphatic heterocycles. The Balaban J connectivity index is 1.80. The van der Waals surface area contributed by atoms with Gasteiger partial charge in [0.15, 0.2) is 0 Å². The van der Waals surface area contributed by atoms with Gasteiger partial charge in [-0.25, -0.2) is 0 Å². The Bertz CT molecular complexity index is 1540. The number of rotatable bonds is 5. The fraction of sp³-hybridized carbons (Fsp3) is 0.0606. The number of aryl methyl sites for hydroxylation is 1. The molecule has 0 radical (unpaired) electrons. The summed E-state index contributed by atoms with van der Waals surface area (Å²) < 4.78 is 0. The van der Waals surface area contributed by atoms with E-state index in [1.165, 1.54) is 27.6 Å². The molecule has 0 fully saturated rings. The van der Waals surface area contributed by atoms with Crippen LogP contribution in [0.15, 0.2) is 134 Å². The Morgan fingerprint density at radius 3 is 1.94 bits per heavy atom. The minimum absolute atomic E-state index is 0.612. The Morgan fingerprint density at radius 2 is 1.26 bits per heavy atom. The number of hydrogen-bond donors (Lipinski definition) is 1. The maximum absolute atomic E-state index is 5.35. The Labute approximate surface area is 206 Å². The van der Waals surface area contributed by atoms with Gasteiger partial charge in [0.2, 0.25) is 0 Å². The van der Waals surface area contributed by atoms with E-state index in [0.717, 1.165) is 22.5 Å². The number of nitrogens with one attached hydrogen (secondary N) is 1. The van der Waals surface area contributed by atoms with Crippen LogP contribution in [0.1, 0.15) is 27.9 Å². The van der Waals surface area contributed by atoms with Crippen LogP contribution in [0.25, 0.3) is 22.2 Å². The van der Waals surface area contributed by atoms with Gasteiger partial charge in [0, 0.05) is 22.8 Å². The molecule has 35 heavy (non-hydrogen) atoms. The summed E-state index contributed by atoms with van der Waals surface area (Å²) in [5.74, 6) is 0. The number of hydrogen-bond acceptors (Lipinski definition) is 1. The molecule has 4 aromatic carbocycles. The van der Waals surface area contributed by atoms with Crippen LogP contribution in [0.5, 0.6) is 0 Å². The summed E-state index contributed by atoms with van der Waals surface area (Å²) in [5, 5.41) is 1.18. The number of aromatic amines is 1. The maximum atomic E-state index is 5.35. The van der Waals surface area contributed by atoms with Gasteiger partial charge in [0.05, 0.1) is 16.6 Å². The predicted molar refractivity (Wildman–Crippen MR) is 145 cm³/mol. The Hall–Kier alpha value is -4.43. The van der Waals surface area contributed by atoms with Crippen LogP contribution in [0, 0.1) is 6.92 Å². The molecule has 0 aliphatic rings. The van der Waals surface area contributed by atoms with E-state index in [1.807, 2.05) is 6.20 Å². The first-order chi connectivity index (χ1) is 17.3. The molecule has 6 rings (SSSR count). The minimum Gasteiger partial charge on any atom is -0.361 e. The molecule has 2 aromatic heterocycles. The lowest BCUT2D eigenvalue weighted by Crippen LogP contribution is -2.33. The second-order valence-corrected chi connectivity index (χ2v) is 8.95. The van der Waals surface area contributed by atoms with Crippen LogP contribution in [0.2, 0.25) is 0 Å². The number of H-pyrrole nitrogens is 1. The van der Waals surface area contributed by atoms with Crippen LogP contribution in [0.3, 0.4) is 0 Å². The molecule has 0 spiro atoms. The zero-order chi connectivity index (χ0) is 23.7. The molecule has 0 saturated heterocycles. The third-order valence-corrected chi connectivity index (χ3v) is 6.94. The normalized spacial score (nSPS) is 11.6. The van der Waals surface area contributed by atoms with E-state index in [9.17, 15) is 0 Å². The second-order valence-electron chi connectivity index (χ2n) is 8.95. The summed E-state index contributed by atoms with van der Waals surface area (Å²) in [7, 11) is 0. The zero-order valence-corrected chi connectivity index (χ0v) is 19.6. The molecule has 1 N–H and O–H groups in total. The van der Waals surface area contributed by atoms with E-state index in [1.54, 1.807) is 0 Å². The van der Waals surface area contributed by atoms with Crippen LogP contribution < -0.4 is 0 Å². The van der Waals surface area contributed by atoms with Gasteiger partial charge in [0.25, 0.3) is 0 Å². The molecule has 0 aliphatic carbocycles. The summed E-state index contributed by atoms with van der Waals surface area (Å²) >= 11 is 0. The standard InChI is InChI=1S/C33H26N2/c1-24-23-32(35-31-20-11-9-17-27(24)31)33(25-13-4-2-5-14-25,26-15-6-3-7-16-26)29-19-10-8-18-28(29)30-21-12-22-34-30/h2-23,34H,1H3. The minimum atomic E-state index is -0.612. The lowest BCUT2D eigenvalue weighted by Gasteiger charge is -2.37. The van der Waals surface area contributed by atoms with E-state index in [-0.39, 0.29) is 0 Å². The number of aromatic nitrogens is 2. The Kier molecular flexibility index (Phi) is 5.27. The van der Waals surface area contributed by atoms with Crippen molar-refractivity contribution in [2.75, 3.05) is 0 Å². The molecule has 2 heterocycles. The fourth-order valence-electron chi connectivity index (χ4n) is 5.37. The quantitative estimate of drug-likeness (QED) is 0.266. The predicted octanol–water partition coefficient (Wildman–Crippen LogP) is 7.92. The van der Waals surface area contributed by atoms with Crippen molar-refractivity contribution in [3.63, 3.8) is 0 Å². The molecule has 0 saturated carbocycles. The van der Waals surface area contributed by atoms with Crippen LogP contribution in [-0.2, 0) is 5.41 Å². The third kappa shape index (κ3) is 3.46. The van der Waals surface area contributed by atoms with Gasteiger partial charge < -0.3 is 4.98 Å². The van der Waals surface area contributed by atoms with E-state index in [2.05, 4.69) is 139 Å². The summed E-state index contributed by atoms with van der Waals surface area (Å²) in [5.41, 5.74) is 8.47. The lowest BCUT2D eigenvalue weighted by atomic mass is 9.65. The monoisotopic (exact) mass is 450 g/mol. The van der Waals surface area contributed by atoms with Gasteiger partial charge in [-0.15, -0.1) is 0 Å². The highest BCUT2D eigenvalue weighted by Crippen LogP contribution is 2.48. The van der Waals surface area contributed by atoms with Gasteiger partial charge >= 0.3 is 0 Å². The second kappa shape index (κ2) is 8.73. The largest absolute Gasteiger partial charge is 0.361 e. The van der Waals surface area contributed by atoms with Crippen molar-refractivity contribution in [3.8, 4) is 11.3 Å². The maximum Gasteiger partial charge on any atom is 0.0880 e. The molecular formula is C33H26N2. The number of benzene rings is 4. The van der Waals surface area contributed by atoms with Crippen LogP contribution >= 0.6 is 0 Å². The van der Waals surface area contributed by atoms with Crippen LogP contribution in [0.4, 0.5) is 0 Å². The molecule has 2 nitrogen and oxygen atoms in total. The molecule has 0 bridgehead atoms. The van der Waals surface area contributed by atoms with Crippen molar-refractivity contribution in [2.45, 2.75) is 12.3 Å². The van der Waals surface area contributed by atoms with Gasteiger partial charge in [-0.3, -0.25) is 4.98 Å². The fourth-order valence-corrected chi connectivity index (χ4v) is 5.37. The zero-order valence-electron chi connectivity index (χ0n) is 19.6. The lowest BCUT2D eigenvalue weighted by molar-refractivity contribution is 0.719. The SMILES string of the molecule is Cc1cc(C(c2ccccc2)(c2ccccc2)c2ccccc2-c2ccc[nH]2)nc2ccccc12. The summed E-state index contributed by atoms with van der Waals surface area (Å²) in [6.07, 6.45) is 1.98. The molecule has 2 heteroatoms. The highest BCUT2D eigenvalue weighted by molar-refractivity contribution is 5.83. The number of pyridine rings is 1. The smallest absolute Gasteiger partial charge is 0.0880 e. The van der Waals surface area contributed by atoms with E-state index in [0.29, 0.717) is 0 Å². The molecule has 0 unspecified atom stereocenters. The van der Waals surface area contributed by atoms with Gasteiger partial charge in [-0.2, -0.15) is 0 Å². The van der Waals surface area contributed by atoms with E-state index in [4.69, 9.17) is 4.98 Å². The van der Waals surface area contributed by atoms with E-state index >= 15 is 0 Å². The molecular weight excluding hydrogens is 424 g/mol. The molecule has 168 valence electrons. The van der Waals surface area contributed by atoms with Gasteiger partial charge in [0.1, 0.15) is 0 Å². The molecule has 0 amide bonds. The number of nitrogens with zero attached hydrogens (tertiary/aromatic N) is 1. The first-order valence-electron chi connectivity index (χ1n) is 12.0. The van der Waals surface area contributed by atoms with Gasteiger partial charge in [-0.1, -0.05) is 103 Å². The molecule has 0 atom stereocenters. The Morgan fingerprint density at radius 1 is 0.629 bits per heavy atom. The van der Waals surface area contributed by atoms with Crippen molar-refractivity contribution in [1.29, 1.82) is 0 Å².